The van der Waals surface area contributed by atoms with Crippen LogP contribution < -0.4 is 10.5 Å². The molecule has 0 fully saturated rings. The van der Waals surface area contributed by atoms with Gasteiger partial charge in [0.1, 0.15) is 5.75 Å². The monoisotopic (exact) mass is 272 g/mol. The van der Waals surface area contributed by atoms with Crippen LogP contribution in [0.25, 0.3) is 0 Å². The zero-order valence-corrected chi connectivity index (χ0v) is 12.5. The Morgan fingerprint density at radius 1 is 1.40 bits per heavy atom. The number of unbranched alkanes of at least 4 members (excludes halogenated alkanes) is 1. The molecule has 0 aliphatic rings. The van der Waals surface area contributed by atoms with Gasteiger partial charge >= 0.3 is 0 Å². The molecule has 1 aromatic rings. The Hall–Kier alpha value is -1.95. The molecule has 0 saturated carbocycles. The summed E-state index contributed by atoms with van der Waals surface area (Å²) in [5.74, 6) is 0.874. The number of hydrogen-bond donors (Lipinski definition) is 1. The van der Waals surface area contributed by atoms with Gasteiger partial charge in [-0.25, -0.2) is 0 Å². The number of anilines is 1. The van der Waals surface area contributed by atoms with E-state index in [1.807, 2.05) is 38.1 Å². The summed E-state index contributed by atoms with van der Waals surface area (Å²) < 4.78 is 5.81. The maximum absolute atomic E-state index is 8.95. The number of ether oxygens (including phenoxy) is 1. The third-order valence-electron chi connectivity index (χ3n) is 3.21. The molecule has 1 rings (SSSR count). The summed E-state index contributed by atoms with van der Waals surface area (Å²) in [6, 6.07) is 8.00. The molecule has 1 aromatic carbocycles. The number of nitrogens with two attached hydrogens (primary N) is 1. The fourth-order valence-electron chi connectivity index (χ4n) is 1.96. The van der Waals surface area contributed by atoms with Gasteiger partial charge < -0.3 is 10.5 Å². The molecular formula is C17H24N2O. The highest BCUT2D eigenvalue weighted by Crippen LogP contribution is 2.24. The van der Waals surface area contributed by atoms with E-state index < -0.39 is 0 Å². The third kappa shape index (κ3) is 5.36. The zero-order valence-electron chi connectivity index (χ0n) is 12.5. The lowest BCUT2D eigenvalue weighted by atomic mass is 9.89. The lowest BCUT2D eigenvalue weighted by Crippen LogP contribution is -2.08. The molecule has 0 unspecified atom stereocenters. The molecule has 0 amide bonds. The summed E-state index contributed by atoms with van der Waals surface area (Å²) in [5, 5.41) is 8.95. The van der Waals surface area contributed by atoms with Crippen molar-refractivity contribution in [2.24, 2.45) is 5.41 Å². The van der Waals surface area contributed by atoms with Gasteiger partial charge in [0.15, 0.2) is 0 Å². The van der Waals surface area contributed by atoms with Gasteiger partial charge in [0.25, 0.3) is 0 Å². The smallest absolute Gasteiger partial charge is 0.122 e. The molecule has 0 aliphatic heterocycles. The maximum atomic E-state index is 8.95. The molecule has 3 heteroatoms. The van der Waals surface area contributed by atoms with Crippen molar-refractivity contribution >= 4 is 5.69 Å². The predicted octanol–water partition coefficient (Wildman–Crippen LogP) is 4.10. The second kappa shape index (κ2) is 7.59. The van der Waals surface area contributed by atoms with E-state index in [2.05, 4.69) is 12.6 Å². The van der Waals surface area contributed by atoms with E-state index in [0.29, 0.717) is 6.61 Å². The van der Waals surface area contributed by atoms with Gasteiger partial charge in [-0.2, -0.15) is 5.26 Å². The summed E-state index contributed by atoms with van der Waals surface area (Å²) in [7, 11) is 0. The third-order valence-corrected chi connectivity index (χ3v) is 3.21. The van der Waals surface area contributed by atoms with Gasteiger partial charge in [0.05, 0.1) is 18.1 Å². The zero-order chi connectivity index (χ0) is 15.0. The first-order chi connectivity index (χ1) is 9.48. The van der Waals surface area contributed by atoms with Crippen molar-refractivity contribution in [3.63, 3.8) is 0 Å². The van der Waals surface area contributed by atoms with Gasteiger partial charge in [-0.1, -0.05) is 6.08 Å². The SMILES string of the molecule is C=CCc1cc(N)ccc1OCCCCC(C)(C)C#N. The number of nitriles is 1. The van der Waals surface area contributed by atoms with E-state index in [9.17, 15) is 0 Å². The Balaban J connectivity index is 2.43. The van der Waals surface area contributed by atoms with Crippen LogP contribution in [0.5, 0.6) is 5.75 Å². The Labute approximate surface area is 122 Å². The van der Waals surface area contributed by atoms with Crippen LogP contribution in [-0.4, -0.2) is 6.61 Å². The maximum Gasteiger partial charge on any atom is 0.122 e. The van der Waals surface area contributed by atoms with Crippen molar-refractivity contribution in [3.8, 4) is 11.8 Å². The normalized spacial score (nSPS) is 10.8. The number of nitrogen functional groups attached to an aromatic ring is 1. The van der Waals surface area contributed by atoms with E-state index in [1.54, 1.807) is 0 Å². The minimum Gasteiger partial charge on any atom is -0.493 e. The van der Waals surface area contributed by atoms with Gasteiger partial charge in [-0.05, 0) is 63.3 Å². The fraction of sp³-hybridized carbons (Fsp3) is 0.471. The van der Waals surface area contributed by atoms with Crippen LogP contribution in [0, 0.1) is 16.7 Å². The van der Waals surface area contributed by atoms with Gasteiger partial charge in [0, 0.05) is 5.69 Å². The highest BCUT2D eigenvalue weighted by Gasteiger charge is 2.15. The Morgan fingerprint density at radius 2 is 2.15 bits per heavy atom. The van der Waals surface area contributed by atoms with E-state index in [4.69, 9.17) is 15.7 Å². The molecule has 0 saturated heterocycles. The summed E-state index contributed by atoms with van der Waals surface area (Å²) in [5.41, 5.74) is 7.34. The molecular weight excluding hydrogens is 248 g/mol. The lowest BCUT2D eigenvalue weighted by molar-refractivity contribution is 0.293. The molecule has 0 bridgehead atoms. The molecule has 0 aliphatic carbocycles. The lowest BCUT2D eigenvalue weighted by Gasteiger charge is -2.15. The largest absolute Gasteiger partial charge is 0.493 e. The first-order valence-electron chi connectivity index (χ1n) is 7.02. The minimum absolute atomic E-state index is 0.241. The van der Waals surface area contributed by atoms with Crippen molar-refractivity contribution in [2.45, 2.75) is 39.5 Å². The summed E-state index contributed by atoms with van der Waals surface area (Å²) >= 11 is 0. The minimum atomic E-state index is -0.241. The van der Waals surface area contributed by atoms with Crippen LogP contribution in [-0.2, 0) is 6.42 Å². The number of allylic oxidation sites excluding steroid dienone is 1. The number of nitrogens with zero attached hydrogens (tertiary/aromatic N) is 1. The van der Waals surface area contributed by atoms with Crippen molar-refractivity contribution < 1.29 is 4.74 Å². The van der Waals surface area contributed by atoms with Crippen molar-refractivity contribution in [1.82, 2.24) is 0 Å². The van der Waals surface area contributed by atoms with Crippen LogP contribution >= 0.6 is 0 Å². The topological polar surface area (TPSA) is 59.0 Å². The van der Waals surface area contributed by atoms with E-state index in [0.717, 1.165) is 42.7 Å². The van der Waals surface area contributed by atoms with Crippen LogP contribution in [0.1, 0.15) is 38.7 Å². The molecule has 2 N–H and O–H groups in total. The van der Waals surface area contributed by atoms with E-state index in [1.165, 1.54) is 0 Å². The standard InChI is InChI=1S/C17H24N2O/c1-4-7-14-12-15(19)8-9-16(14)20-11-6-5-10-17(2,3)13-18/h4,8-9,12H,1,5-7,10-11,19H2,2-3H3. The molecule has 0 radical (unpaired) electrons. The Morgan fingerprint density at radius 3 is 2.80 bits per heavy atom. The van der Waals surface area contributed by atoms with Crippen LogP contribution in [0.3, 0.4) is 0 Å². The molecule has 0 atom stereocenters. The van der Waals surface area contributed by atoms with Crippen molar-refractivity contribution in [3.05, 3.63) is 36.4 Å². The predicted molar refractivity (Wildman–Crippen MR) is 83.5 cm³/mol. The second-order valence-electron chi connectivity index (χ2n) is 5.66. The average Bonchev–Trinajstić information content (AvgIpc) is 2.41. The highest BCUT2D eigenvalue weighted by atomic mass is 16.5. The van der Waals surface area contributed by atoms with Crippen LogP contribution in [0.15, 0.2) is 30.9 Å². The molecule has 0 spiro atoms. The molecule has 3 nitrogen and oxygen atoms in total. The van der Waals surface area contributed by atoms with Crippen molar-refractivity contribution in [1.29, 1.82) is 5.26 Å². The average molecular weight is 272 g/mol. The Bertz CT molecular complexity index is 486. The van der Waals surface area contributed by atoms with E-state index in [-0.39, 0.29) is 5.41 Å². The first-order valence-corrected chi connectivity index (χ1v) is 7.02. The summed E-state index contributed by atoms with van der Waals surface area (Å²) in [6.07, 6.45) is 5.43. The Kier molecular flexibility index (Phi) is 6.11. The number of rotatable bonds is 8. The fourth-order valence-corrected chi connectivity index (χ4v) is 1.96. The molecule has 0 aromatic heterocycles. The van der Waals surface area contributed by atoms with Gasteiger partial charge in [-0.15, -0.1) is 6.58 Å². The van der Waals surface area contributed by atoms with Gasteiger partial charge in [0.2, 0.25) is 0 Å². The summed E-state index contributed by atoms with van der Waals surface area (Å²) in [4.78, 5) is 0. The van der Waals surface area contributed by atoms with E-state index >= 15 is 0 Å². The molecule has 0 heterocycles. The number of hydrogen-bond acceptors (Lipinski definition) is 3. The van der Waals surface area contributed by atoms with Crippen LogP contribution in [0.2, 0.25) is 0 Å². The molecule has 20 heavy (non-hydrogen) atoms. The van der Waals surface area contributed by atoms with Crippen LogP contribution in [0.4, 0.5) is 5.69 Å². The quantitative estimate of drug-likeness (QED) is 0.440. The highest BCUT2D eigenvalue weighted by molar-refractivity contribution is 5.48. The first kappa shape index (κ1) is 16.1. The van der Waals surface area contributed by atoms with Gasteiger partial charge in [-0.3, -0.25) is 0 Å². The summed E-state index contributed by atoms with van der Waals surface area (Å²) in [6.45, 7) is 8.34. The van der Waals surface area contributed by atoms with Crippen molar-refractivity contribution in [2.75, 3.05) is 12.3 Å². The molecule has 108 valence electrons. The second-order valence-corrected chi connectivity index (χ2v) is 5.66. The number of benzene rings is 1.